The van der Waals surface area contributed by atoms with Crippen molar-refractivity contribution in [2.24, 2.45) is 0 Å². The van der Waals surface area contributed by atoms with Crippen molar-refractivity contribution in [3.8, 4) is 33.5 Å². The standard InChI is InChI=1S/C33H20INS2/c34-37-27-15-12-21(13-16-27)23-10-8-22-9-11-24(19-26(22)18-23)25-14-17-31(35-20-25)30-6-3-5-29-28-4-1-2-7-32(28)36-33(29)30/h1-20H. The molecule has 2 aromatic heterocycles. The van der Waals surface area contributed by atoms with E-state index in [4.69, 9.17) is 4.98 Å². The Bertz CT molecular complexity index is 1900. The number of rotatable bonds is 4. The molecule has 0 radical (unpaired) electrons. The summed E-state index contributed by atoms with van der Waals surface area (Å²) in [5.41, 5.74) is 6.99. The van der Waals surface area contributed by atoms with Gasteiger partial charge in [-0.25, -0.2) is 0 Å². The lowest BCUT2D eigenvalue weighted by molar-refractivity contribution is 1.33. The molecule has 0 amide bonds. The maximum absolute atomic E-state index is 4.91. The third-order valence-corrected chi connectivity index (χ3v) is 10.1. The van der Waals surface area contributed by atoms with Crippen LogP contribution in [0.3, 0.4) is 0 Å². The van der Waals surface area contributed by atoms with Crippen LogP contribution in [-0.2, 0) is 0 Å². The van der Waals surface area contributed by atoms with Crippen molar-refractivity contribution in [3.63, 3.8) is 0 Å². The molecule has 7 aromatic rings. The molecule has 0 aliphatic carbocycles. The Morgan fingerprint density at radius 2 is 1.30 bits per heavy atom. The lowest BCUT2D eigenvalue weighted by Crippen LogP contribution is -1.86. The first kappa shape index (κ1) is 23.0. The minimum atomic E-state index is 1.01. The van der Waals surface area contributed by atoms with E-state index in [2.05, 4.69) is 136 Å². The van der Waals surface area contributed by atoms with E-state index in [0.717, 1.165) is 11.3 Å². The van der Waals surface area contributed by atoms with E-state index in [9.17, 15) is 0 Å². The molecular weight excluding hydrogens is 601 g/mol. The van der Waals surface area contributed by atoms with Crippen molar-refractivity contribution in [3.05, 3.63) is 121 Å². The molecule has 4 heteroatoms. The van der Waals surface area contributed by atoms with E-state index in [-0.39, 0.29) is 0 Å². The van der Waals surface area contributed by atoms with Crippen LogP contribution in [0.4, 0.5) is 0 Å². The highest BCUT2D eigenvalue weighted by Gasteiger charge is 2.11. The SMILES string of the molecule is ISc1ccc(-c2ccc3ccc(-c4ccc(-c5cccc6c5sc5ccccc56)nc4)cc3c2)cc1. The number of pyridine rings is 1. The van der Waals surface area contributed by atoms with Crippen molar-refractivity contribution in [2.45, 2.75) is 4.90 Å². The number of hydrogen-bond donors (Lipinski definition) is 0. The summed E-state index contributed by atoms with van der Waals surface area (Å²) in [5, 5.41) is 5.10. The van der Waals surface area contributed by atoms with Gasteiger partial charge >= 0.3 is 0 Å². The second-order valence-corrected chi connectivity index (χ2v) is 12.1. The van der Waals surface area contributed by atoms with Crippen molar-refractivity contribution >= 4 is 72.4 Å². The van der Waals surface area contributed by atoms with Gasteiger partial charge in [0.2, 0.25) is 0 Å². The number of nitrogens with zero attached hydrogens (tertiary/aromatic N) is 1. The van der Waals surface area contributed by atoms with E-state index >= 15 is 0 Å². The summed E-state index contributed by atoms with van der Waals surface area (Å²) in [6, 6.07) is 41.7. The maximum Gasteiger partial charge on any atom is 0.0716 e. The molecule has 0 unspecified atom stereocenters. The van der Waals surface area contributed by atoms with Crippen LogP contribution >= 0.6 is 41.5 Å². The predicted octanol–water partition coefficient (Wildman–Crippen LogP) is 11.0. The number of benzene rings is 5. The second-order valence-electron chi connectivity index (χ2n) is 9.09. The summed E-state index contributed by atoms with van der Waals surface area (Å²) in [6.07, 6.45) is 2.01. The highest BCUT2D eigenvalue weighted by Crippen LogP contribution is 2.39. The van der Waals surface area contributed by atoms with Crippen LogP contribution in [0.1, 0.15) is 0 Å². The highest BCUT2D eigenvalue weighted by atomic mass is 127. The Hall–Kier alpha value is -3.19. The summed E-state index contributed by atoms with van der Waals surface area (Å²) in [5.74, 6) is 0. The quantitative estimate of drug-likeness (QED) is 0.181. The molecule has 0 aliphatic heterocycles. The minimum absolute atomic E-state index is 1.01. The van der Waals surface area contributed by atoms with Gasteiger partial charge in [-0.3, -0.25) is 4.98 Å². The van der Waals surface area contributed by atoms with Gasteiger partial charge in [-0.15, -0.1) is 11.3 Å². The molecule has 0 spiro atoms. The Morgan fingerprint density at radius 3 is 2.05 bits per heavy atom. The molecule has 0 bridgehead atoms. The second kappa shape index (κ2) is 9.60. The van der Waals surface area contributed by atoms with Crippen molar-refractivity contribution < 1.29 is 0 Å². The summed E-state index contributed by atoms with van der Waals surface area (Å²) < 4.78 is 2.62. The fraction of sp³-hybridized carbons (Fsp3) is 0. The molecular formula is C33H20INS2. The lowest BCUT2D eigenvalue weighted by Gasteiger charge is -2.08. The fourth-order valence-electron chi connectivity index (χ4n) is 4.98. The van der Waals surface area contributed by atoms with Gasteiger partial charge in [0.05, 0.1) is 5.69 Å². The highest BCUT2D eigenvalue weighted by molar-refractivity contribution is 14.2. The Labute approximate surface area is 235 Å². The van der Waals surface area contributed by atoms with Crippen molar-refractivity contribution in [2.75, 3.05) is 0 Å². The number of halogens is 1. The van der Waals surface area contributed by atoms with Gasteiger partial charge in [0, 0.05) is 63.6 Å². The van der Waals surface area contributed by atoms with E-state index in [0.29, 0.717) is 0 Å². The fourth-order valence-corrected chi connectivity index (χ4v) is 7.32. The Balaban J connectivity index is 1.25. The molecule has 1 nitrogen and oxygen atoms in total. The van der Waals surface area contributed by atoms with Crippen LogP contribution in [0.25, 0.3) is 64.5 Å². The van der Waals surface area contributed by atoms with Crippen molar-refractivity contribution in [1.29, 1.82) is 0 Å². The smallest absolute Gasteiger partial charge is 0.0716 e. The number of thiophene rings is 1. The van der Waals surface area contributed by atoms with Gasteiger partial charge in [0.1, 0.15) is 0 Å². The van der Waals surface area contributed by atoms with Crippen LogP contribution < -0.4 is 0 Å². The third-order valence-electron chi connectivity index (χ3n) is 6.89. The molecule has 0 saturated heterocycles. The molecule has 0 fully saturated rings. The maximum atomic E-state index is 4.91. The molecule has 0 atom stereocenters. The van der Waals surface area contributed by atoms with Gasteiger partial charge < -0.3 is 0 Å². The van der Waals surface area contributed by atoms with Gasteiger partial charge in [0.15, 0.2) is 0 Å². The van der Waals surface area contributed by atoms with E-state index in [1.165, 1.54) is 58.1 Å². The monoisotopic (exact) mass is 621 g/mol. The summed E-state index contributed by atoms with van der Waals surface area (Å²) in [6.45, 7) is 0. The third kappa shape index (κ3) is 4.23. The number of aromatic nitrogens is 1. The Kier molecular flexibility index (Phi) is 5.96. The molecule has 0 aliphatic rings. The number of fused-ring (bicyclic) bond motifs is 4. The molecule has 2 heterocycles. The van der Waals surface area contributed by atoms with E-state index in [1.807, 2.05) is 17.5 Å². The zero-order valence-electron chi connectivity index (χ0n) is 19.7. The average molecular weight is 622 g/mol. The van der Waals surface area contributed by atoms with Crippen LogP contribution in [0.5, 0.6) is 0 Å². The van der Waals surface area contributed by atoms with Gasteiger partial charge in [-0.2, -0.15) is 0 Å². The summed E-state index contributed by atoms with van der Waals surface area (Å²) in [7, 11) is 1.74. The zero-order chi connectivity index (χ0) is 24.8. The first-order valence-electron chi connectivity index (χ1n) is 12.1. The first-order chi connectivity index (χ1) is 18.3. The normalized spacial score (nSPS) is 11.5. The summed E-state index contributed by atoms with van der Waals surface area (Å²) in [4.78, 5) is 6.18. The Morgan fingerprint density at radius 1 is 0.595 bits per heavy atom. The predicted molar refractivity (Wildman–Crippen MR) is 171 cm³/mol. The van der Waals surface area contributed by atoms with Gasteiger partial charge in [-0.1, -0.05) is 87.8 Å². The topological polar surface area (TPSA) is 12.9 Å². The molecule has 0 N–H and O–H groups in total. The van der Waals surface area contributed by atoms with Crippen molar-refractivity contribution in [1.82, 2.24) is 4.98 Å². The van der Waals surface area contributed by atoms with Gasteiger partial charge in [0.25, 0.3) is 0 Å². The van der Waals surface area contributed by atoms with Crippen LogP contribution in [0.15, 0.2) is 126 Å². The van der Waals surface area contributed by atoms with E-state index < -0.39 is 0 Å². The van der Waals surface area contributed by atoms with Crippen LogP contribution in [-0.4, -0.2) is 4.98 Å². The molecule has 176 valence electrons. The largest absolute Gasteiger partial charge is 0.256 e. The molecule has 5 aromatic carbocycles. The lowest BCUT2D eigenvalue weighted by atomic mass is 9.98. The minimum Gasteiger partial charge on any atom is -0.256 e. The molecule has 7 rings (SSSR count). The zero-order valence-corrected chi connectivity index (χ0v) is 23.5. The number of hydrogen-bond acceptors (Lipinski definition) is 3. The van der Waals surface area contributed by atoms with E-state index in [1.54, 1.807) is 8.93 Å². The first-order valence-corrected chi connectivity index (χ1v) is 16.2. The molecule has 0 saturated carbocycles. The summed E-state index contributed by atoms with van der Waals surface area (Å²) >= 11 is 4.17. The van der Waals surface area contributed by atoms with Gasteiger partial charge in [-0.05, 0) is 63.9 Å². The van der Waals surface area contributed by atoms with Crippen LogP contribution in [0.2, 0.25) is 0 Å². The average Bonchev–Trinajstić information content (AvgIpc) is 3.36. The van der Waals surface area contributed by atoms with Crippen LogP contribution in [0, 0.1) is 0 Å². The molecule has 37 heavy (non-hydrogen) atoms.